The Balaban J connectivity index is 2.50. The second kappa shape index (κ2) is 8.56. The molecule has 21 heavy (non-hydrogen) atoms. The van der Waals surface area contributed by atoms with E-state index in [9.17, 15) is 9.59 Å². The van der Waals surface area contributed by atoms with Crippen LogP contribution < -0.4 is 10.1 Å². The van der Waals surface area contributed by atoms with Crippen molar-refractivity contribution in [3.63, 3.8) is 0 Å². The molecule has 1 aromatic rings. The SMILES string of the molecule is CSCC[C@@H](NC(=O)COc1ccc(C)cc1C)C(=O)O. The highest BCUT2D eigenvalue weighted by atomic mass is 32.2. The molecule has 0 aliphatic heterocycles. The van der Waals surface area contributed by atoms with Crippen LogP contribution in [0.3, 0.4) is 0 Å². The molecular weight excluding hydrogens is 290 g/mol. The minimum Gasteiger partial charge on any atom is -0.484 e. The van der Waals surface area contributed by atoms with Gasteiger partial charge in [0.25, 0.3) is 5.91 Å². The van der Waals surface area contributed by atoms with E-state index in [2.05, 4.69) is 5.32 Å². The number of carbonyl (C=O) groups is 2. The van der Waals surface area contributed by atoms with Crippen molar-refractivity contribution in [1.82, 2.24) is 5.32 Å². The lowest BCUT2D eigenvalue weighted by Crippen LogP contribution is -2.43. The fourth-order valence-electron chi connectivity index (χ4n) is 1.83. The summed E-state index contributed by atoms with van der Waals surface area (Å²) in [6, 6.07) is 4.80. The van der Waals surface area contributed by atoms with Crippen LogP contribution in [0.1, 0.15) is 17.5 Å². The topological polar surface area (TPSA) is 75.6 Å². The molecule has 1 amide bonds. The van der Waals surface area contributed by atoms with Gasteiger partial charge in [0.05, 0.1) is 0 Å². The highest BCUT2D eigenvalue weighted by molar-refractivity contribution is 7.98. The Morgan fingerprint density at radius 3 is 2.67 bits per heavy atom. The largest absolute Gasteiger partial charge is 0.484 e. The van der Waals surface area contributed by atoms with Crippen molar-refractivity contribution in [1.29, 1.82) is 0 Å². The van der Waals surface area contributed by atoms with Crippen molar-refractivity contribution in [2.75, 3.05) is 18.6 Å². The molecule has 0 aliphatic rings. The highest BCUT2D eigenvalue weighted by Crippen LogP contribution is 2.18. The summed E-state index contributed by atoms with van der Waals surface area (Å²) in [6.07, 6.45) is 2.29. The second-order valence-electron chi connectivity index (χ2n) is 4.80. The Bertz CT molecular complexity index is 504. The number of hydrogen-bond acceptors (Lipinski definition) is 4. The summed E-state index contributed by atoms with van der Waals surface area (Å²) in [5.41, 5.74) is 2.06. The zero-order chi connectivity index (χ0) is 15.8. The molecule has 0 heterocycles. The molecule has 0 aliphatic carbocycles. The van der Waals surface area contributed by atoms with Gasteiger partial charge in [-0.05, 0) is 43.9 Å². The molecule has 116 valence electrons. The third kappa shape index (κ3) is 6.08. The van der Waals surface area contributed by atoms with Gasteiger partial charge in [0.15, 0.2) is 6.61 Å². The number of nitrogens with one attached hydrogen (secondary N) is 1. The van der Waals surface area contributed by atoms with Gasteiger partial charge < -0.3 is 15.2 Å². The molecule has 1 rings (SSSR count). The van der Waals surface area contributed by atoms with Gasteiger partial charge in [0, 0.05) is 0 Å². The number of thioether (sulfide) groups is 1. The van der Waals surface area contributed by atoms with Crippen LogP contribution in [-0.4, -0.2) is 41.6 Å². The summed E-state index contributed by atoms with van der Waals surface area (Å²) in [6.45, 7) is 3.69. The molecule has 1 atom stereocenters. The zero-order valence-corrected chi connectivity index (χ0v) is 13.3. The number of amides is 1. The first-order valence-corrected chi connectivity index (χ1v) is 8.04. The lowest BCUT2D eigenvalue weighted by atomic mass is 10.1. The molecule has 0 fully saturated rings. The molecule has 0 spiro atoms. The normalized spacial score (nSPS) is 11.8. The second-order valence-corrected chi connectivity index (χ2v) is 5.78. The lowest BCUT2D eigenvalue weighted by molar-refractivity contribution is -0.142. The number of carboxylic acids is 1. The zero-order valence-electron chi connectivity index (χ0n) is 12.5. The van der Waals surface area contributed by atoms with Gasteiger partial charge in [0.2, 0.25) is 0 Å². The molecular formula is C15H21NO4S. The van der Waals surface area contributed by atoms with Gasteiger partial charge in [0.1, 0.15) is 11.8 Å². The van der Waals surface area contributed by atoms with Gasteiger partial charge in [-0.3, -0.25) is 4.79 Å². The molecule has 6 heteroatoms. The standard InChI is InChI=1S/C15H21NO4S/c1-10-4-5-13(11(2)8-10)20-9-14(17)16-12(15(18)19)6-7-21-3/h4-5,8,12H,6-7,9H2,1-3H3,(H,16,17)(H,18,19)/t12-/m1/s1. The van der Waals surface area contributed by atoms with Gasteiger partial charge >= 0.3 is 5.97 Å². The number of carboxylic acid groups (broad SMARTS) is 1. The third-order valence-corrected chi connectivity index (χ3v) is 3.58. The summed E-state index contributed by atoms with van der Waals surface area (Å²) in [5.74, 6) is -0.144. The number of rotatable bonds is 8. The van der Waals surface area contributed by atoms with Crippen molar-refractivity contribution in [2.45, 2.75) is 26.3 Å². The van der Waals surface area contributed by atoms with E-state index in [1.54, 1.807) is 17.8 Å². The predicted molar refractivity (Wildman–Crippen MR) is 84.0 cm³/mol. The summed E-state index contributed by atoms with van der Waals surface area (Å²) in [5, 5.41) is 11.5. The van der Waals surface area contributed by atoms with Crippen LogP contribution in [0, 0.1) is 13.8 Å². The van der Waals surface area contributed by atoms with Crippen LogP contribution >= 0.6 is 11.8 Å². The summed E-state index contributed by atoms with van der Waals surface area (Å²) in [4.78, 5) is 22.8. The smallest absolute Gasteiger partial charge is 0.326 e. The average Bonchev–Trinajstić information content (AvgIpc) is 2.42. The van der Waals surface area contributed by atoms with E-state index in [-0.39, 0.29) is 6.61 Å². The first-order valence-electron chi connectivity index (χ1n) is 6.65. The minimum absolute atomic E-state index is 0.188. The molecule has 0 bridgehead atoms. The van der Waals surface area contributed by atoms with Crippen molar-refractivity contribution >= 4 is 23.6 Å². The molecule has 0 saturated heterocycles. The maximum absolute atomic E-state index is 11.8. The van der Waals surface area contributed by atoms with Gasteiger partial charge in [-0.15, -0.1) is 0 Å². The van der Waals surface area contributed by atoms with Crippen LogP contribution in [0.15, 0.2) is 18.2 Å². The molecule has 0 saturated carbocycles. The maximum atomic E-state index is 11.8. The van der Waals surface area contributed by atoms with Crippen molar-refractivity contribution < 1.29 is 19.4 Å². The summed E-state index contributed by atoms with van der Waals surface area (Å²) in [7, 11) is 0. The summed E-state index contributed by atoms with van der Waals surface area (Å²) >= 11 is 1.54. The van der Waals surface area contributed by atoms with Gasteiger partial charge in [-0.1, -0.05) is 17.7 Å². The quantitative estimate of drug-likeness (QED) is 0.768. The Kier molecular flexibility index (Phi) is 7.08. The maximum Gasteiger partial charge on any atom is 0.326 e. The Morgan fingerprint density at radius 1 is 1.38 bits per heavy atom. The molecule has 1 aromatic carbocycles. The van der Waals surface area contributed by atoms with E-state index in [1.807, 2.05) is 32.2 Å². The lowest BCUT2D eigenvalue weighted by Gasteiger charge is -2.15. The van der Waals surface area contributed by atoms with E-state index >= 15 is 0 Å². The molecule has 0 radical (unpaired) electrons. The Hall–Kier alpha value is -1.69. The van der Waals surface area contributed by atoms with E-state index in [0.717, 1.165) is 11.1 Å². The van der Waals surface area contributed by atoms with Crippen LogP contribution in [0.25, 0.3) is 0 Å². The number of aryl methyl sites for hydroxylation is 2. The highest BCUT2D eigenvalue weighted by Gasteiger charge is 2.19. The average molecular weight is 311 g/mol. The Morgan fingerprint density at radius 2 is 2.10 bits per heavy atom. The van der Waals surface area contributed by atoms with Crippen molar-refractivity contribution in [3.8, 4) is 5.75 Å². The number of benzene rings is 1. The molecule has 2 N–H and O–H groups in total. The first-order chi connectivity index (χ1) is 9.93. The van der Waals surface area contributed by atoms with Crippen LogP contribution in [0.4, 0.5) is 0 Å². The number of hydrogen-bond donors (Lipinski definition) is 2. The van der Waals surface area contributed by atoms with Crippen molar-refractivity contribution in [3.05, 3.63) is 29.3 Å². The predicted octanol–water partition coefficient (Wildman–Crippen LogP) is 2.00. The molecule has 5 nitrogen and oxygen atoms in total. The molecule has 0 aromatic heterocycles. The van der Waals surface area contributed by atoms with Gasteiger partial charge in [-0.2, -0.15) is 11.8 Å². The number of carbonyl (C=O) groups excluding carboxylic acids is 1. The molecule has 0 unspecified atom stereocenters. The van der Waals surface area contributed by atoms with Crippen LogP contribution in [-0.2, 0) is 9.59 Å². The van der Waals surface area contributed by atoms with Crippen LogP contribution in [0.5, 0.6) is 5.75 Å². The monoisotopic (exact) mass is 311 g/mol. The van der Waals surface area contributed by atoms with E-state index in [0.29, 0.717) is 17.9 Å². The van der Waals surface area contributed by atoms with Crippen molar-refractivity contribution in [2.24, 2.45) is 0 Å². The van der Waals surface area contributed by atoms with Crippen LogP contribution in [0.2, 0.25) is 0 Å². The fraction of sp³-hybridized carbons (Fsp3) is 0.467. The third-order valence-electron chi connectivity index (χ3n) is 2.93. The first kappa shape index (κ1) is 17.4. The van der Waals surface area contributed by atoms with E-state index < -0.39 is 17.9 Å². The summed E-state index contributed by atoms with van der Waals surface area (Å²) < 4.78 is 5.43. The Labute approximate surface area is 129 Å². The van der Waals surface area contributed by atoms with E-state index in [4.69, 9.17) is 9.84 Å². The minimum atomic E-state index is -1.02. The fourth-order valence-corrected chi connectivity index (χ4v) is 2.31. The number of aliphatic carboxylic acids is 1. The van der Waals surface area contributed by atoms with Gasteiger partial charge in [-0.25, -0.2) is 4.79 Å². The number of ether oxygens (including phenoxy) is 1. The van der Waals surface area contributed by atoms with E-state index in [1.165, 1.54) is 0 Å².